The number of aryl methyl sites for hydroxylation is 2. The SMILES string of the molecule is CCn1ncc(C(=O)c2cc(C)c3c(c2C)C(OC)CCS3(=O)=O)c1OS(=O)(=O)CC. The number of benzene rings is 1. The molecule has 0 aliphatic carbocycles. The van der Waals surface area contributed by atoms with E-state index in [4.69, 9.17) is 8.92 Å². The quantitative estimate of drug-likeness (QED) is 0.446. The van der Waals surface area contributed by atoms with Gasteiger partial charge in [-0.15, -0.1) is 0 Å². The van der Waals surface area contributed by atoms with Gasteiger partial charge in [-0.25, -0.2) is 13.1 Å². The molecule has 9 nitrogen and oxygen atoms in total. The normalized spacial score (nSPS) is 17.9. The Kier molecular flexibility index (Phi) is 6.32. The molecule has 1 aliphatic heterocycles. The zero-order chi connectivity index (χ0) is 23.1. The molecule has 0 N–H and O–H groups in total. The Hall–Kier alpha value is -2.24. The molecule has 1 aromatic carbocycles. The van der Waals surface area contributed by atoms with Crippen molar-refractivity contribution >= 4 is 25.7 Å². The minimum atomic E-state index is -3.89. The maximum absolute atomic E-state index is 13.5. The number of methoxy groups -OCH3 is 1. The fourth-order valence-corrected chi connectivity index (χ4v) is 6.30. The topological polar surface area (TPSA) is 122 Å². The second-order valence-corrected chi connectivity index (χ2v) is 11.3. The van der Waals surface area contributed by atoms with Crippen LogP contribution in [0.1, 0.15) is 59.0 Å². The summed E-state index contributed by atoms with van der Waals surface area (Å²) in [6, 6.07) is 1.52. The lowest BCUT2D eigenvalue weighted by Crippen LogP contribution is -2.25. The fraction of sp³-hybridized carbons (Fsp3) is 0.500. The first-order chi connectivity index (χ1) is 14.5. The highest BCUT2D eigenvalue weighted by atomic mass is 32.2. The van der Waals surface area contributed by atoms with E-state index in [0.717, 1.165) is 0 Å². The molecule has 0 fully saturated rings. The van der Waals surface area contributed by atoms with E-state index >= 15 is 0 Å². The van der Waals surface area contributed by atoms with Crippen LogP contribution >= 0.6 is 0 Å². The molecule has 11 heteroatoms. The van der Waals surface area contributed by atoms with E-state index in [1.165, 1.54) is 31.0 Å². The predicted molar refractivity (Wildman–Crippen MR) is 114 cm³/mol. The number of sulfone groups is 1. The molecule has 170 valence electrons. The van der Waals surface area contributed by atoms with Crippen LogP contribution in [0.25, 0.3) is 0 Å². The van der Waals surface area contributed by atoms with Gasteiger partial charge in [0.1, 0.15) is 5.56 Å². The molecule has 0 saturated heterocycles. The van der Waals surface area contributed by atoms with Crippen molar-refractivity contribution in [3.05, 3.63) is 40.1 Å². The molecular formula is C20H26N2O7S2. The molecular weight excluding hydrogens is 444 g/mol. The van der Waals surface area contributed by atoms with Crippen LogP contribution in [-0.4, -0.2) is 51.0 Å². The average molecular weight is 471 g/mol. The van der Waals surface area contributed by atoms with E-state index in [2.05, 4.69) is 5.10 Å². The molecule has 1 unspecified atom stereocenters. The number of fused-ring (bicyclic) bond motifs is 1. The summed E-state index contributed by atoms with van der Waals surface area (Å²) in [6.45, 7) is 6.79. The molecule has 0 bridgehead atoms. The predicted octanol–water partition coefficient (Wildman–Crippen LogP) is 2.34. The van der Waals surface area contributed by atoms with Crippen molar-refractivity contribution in [2.45, 2.75) is 51.7 Å². The van der Waals surface area contributed by atoms with Crippen molar-refractivity contribution < 1.29 is 30.6 Å². The first-order valence-corrected chi connectivity index (χ1v) is 13.1. The summed E-state index contributed by atoms with van der Waals surface area (Å²) in [6.07, 6.45) is 1.10. The van der Waals surface area contributed by atoms with Crippen LogP contribution in [0.15, 0.2) is 17.2 Å². The van der Waals surface area contributed by atoms with Crippen LogP contribution in [0.3, 0.4) is 0 Å². The highest BCUT2D eigenvalue weighted by Gasteiger charge is 2.36. The largest absolute Gasteiger partial charge is 0.377 e. The lowest BCUT2D eigenvalue weighted by atomic mass is 9.90. The van der Waals surface area contributed by atoms with Gasteiger partial charge in [-0.3, -0.25) is 4.79 Å². The van der Waals surface area contributed by atoms with Gasteiger partial charge in [-0.2, -0.15) is 13.5 Å². The first-order valence-electron chi connectivity index (χ1n) is 9.89. The summed E-state index contributed by atoms with van der Waals surface area (Å²) in [5.41, 5.74) is 1.65. The molecule has 2 aromatic rings. The Morgan fingerprint density at radius 2 is 1.94 bits per heavy atom. The molecule has 2 heterocycles. The van der Waals surface area contributed by atoms with Gasteiger partial charge < -0.3 is 8.92 Å². The van der Waals surface area contributed by atoms with E-state index in [1.54, 1.807) is 20.8 Å². The number of hydrogen-bond acceptors (Lipinski definition) is 8. The highest BCUT2D eigenvalue weighted by Crippen LogP contribution is 2.40. The number of ether oxygens (including phenoxy) is 1. The Morgan fingerprint density at radius 3 is 2.52 bits per heavy atom. The Balaban J connectivity index is 2.21. The number of rotatable bonds is 7. The van der Waals surface area contributed by atoms with Crippen molar-refractivity contribution in [2.75, 3.05) is 18.6 Å². The van der Waals surface area contributed by atoms with Crippen LogP contribution in [0.5, 0.6) is 5.88 Å². The highest BCUT2D eigenvalue weighted by molar-refractivity contribution is 7.91. The van der Waals surface area contributed by atoms with Crippen LogP contribution in [0.2, 0.25) is 0 Å². The third-order valence-corrected chi connectivity index (χ3v) is 8.53. The summed E-state index contributed by atoms with van der Waals surface area (Å²) in [5.74, 6) is -0.940. The molecule has 0 spiro atoms. The molecule has 0 amide bonds. The number of ketones is 1. The minimum Gasteiger partial charge on any atom is -0.377 e. The molecule has 0 radical (unpaired) electrons. The fourth-order valence-electron chi connectivity index (χ4n) is 3.87. The number of nitrogens with zero attached hydrogens (tertiary/aromatic N) is 2. The lowest BCUT2D eigenvalue weighted by Gasteiger charge is -2.28. The van der Waals surface area contributed by atoms with Crippen LogP contribution in [-0.2, 0) is 31.2 Å². The zero-order valence-corrected chi connectivity index (χ0v) is 19.8. The van der Waals surface area contributed by atoms with Crippen LogP contribution in [0, 0.1) is 13.8 Å². The smallest absolute Gasteiger partial charge is 0.310 e. The molecule has 0 saturated carbocycles. The van der Waals surface area contributed by atoms with Gasteiger partial charge in [-0.05, 0) is 51.3 Å². The second-order valence-electron chi connectivity index (χ2n) is 7.38. The van der Waals surface area contributed by atoms with E-state index in [1.807, 2.05) is 0 Å². The van der Waals surface area contributed by atoms with E-state index in [-0.39, 0.29) is 33.4 Å². The summed E-state index contributed by atoms with van der Waals surface area (Å²) in [4.78, 5) is 13.7. The summed E-state index contributed by atoms with van der Waals surface area (Å²) in [5, 5.41) is 4.08. The summed E-state index contributed by atoms with van der Waals surface area (Å²) in [7, 11) is -5.88. The van der Waals surface area contributed by atoms with Crippen molar-refractivity contribution in [3.8, 4) is 5.88 Å². The lowest BCUT2D eigenvalue weighted by molar-refractivity contribution is 0.0951. The van der Waals surface area contributed by atoms with Crippen molar-refractivity contribution in [1.82, 2.24) is 9.78 Å². The van der Waals surface area contributed by atoms with Gasteiger partial charge in [0, 0.05) is 24.8 Å². The number of aromatic nitrogens is 2. The second kappa shape index (κ2) is 8.36. The van der Waals surface area contributed by atoms with Crippen molar-refractivity contribution in [2.24, 2.45) is 0 Å². The van der Waals surface area contributed by atoms with Crippen LogP contribution in [0.4, 0.5) is 0 Å². The van der Waals surface area contributed by atoms with E-state index in [0.29, 0.717) is 29.7 Å². The maximum atomic E-state index is 13.5. The third kappa shape index (κ3) is 4.13. The molecule has 1 aliphatic rings. The first kappa shape index (κ1) is 23.4. The number of hydrogen-bond donors (Lipinski definition) is 0. The monoisotopic (exact) mass is 470 g/mol. The summed E-state index contributed by atoms with van der Waals surface area (Å²) < 4.78 is 61.5. The Bertz CT molecular complexity index is 1240. The molecule has 1 atom stereocenters. The maximum Gasteiger partial charge on any atom is 0.310 e. The van der Waals surface area contributed by atoms with Gasteiger partial charge in [-0.1, -0.05) is 0 Å². The van der Waals surface area contributed by atoms with Gasteiger partial charge in [0.05, 0.1) is 28.7 Å². The zero-order valence-electron chi connectivity index (χ0n) is 18.1. The van der Waals surface area contributed by atoms with Gasteiger partial charge in [0.2, 0.25) is 5.88 Å². The molecule has 3 rings (SSSR count). The van der Waals surface area contributed by atoms with Gasteiger partial charge in [0.25, 0.3) is 0 Å². The van der Waals surface area contributed by atoms with Crippen molar-refractivity contribution in [3.63, 3.8) is 0 Å². The van der Waals surface area contributed by atoms with Gasteiger partial charge >= 0.3 is 10.1 Å². The molecule has 1 aromatic heterocycles. The minimum absolute atomic E-state index is 0.00559. The van der Waals surface area contributed by atoms with Crippen LogP contribution < -0.4 is 4.18 Å². The number of carbonyl (C=O) groups excluding carboxylic acids is 1. The van der Waals surface area contributed by atoms with Crippen molar-refractivity contribution in [1.29, 1.82) is 0 Å². The van der Waals surface area contributed by atoms with E-state index < -0.39 is 31.8 Å². The van der Waals surface area contributed by atoms with E-state index in [9.17, 15) is 21.6 Å². The standard InChI is InChI=1S/C20H26N2O7S2/c1-6-22-20(29-31(26,27)7-2)15(11-21-22)18(23)14-10-12(3)19-17(13(14)4)16(28-5)8-9-30(19,24)25/h10-11,16H,6-9H2,1-5H3. The average Bonchev–Trinajstić information content (AvgIpc) is 3.11. The number of carbonyl (C=O) groups is 1. The summed E-state index contributed by atoms with van der Waals surface area (Å²) >= 11 is 0. The Morgan fingerprint density at radius 1 is 1.26 bits per heavy atom. The van der Waals surface area contributed by atoms with Gasteiger partial charge in [0.15, 0.2) is 15.6 Å². The third-order valence-electron chi connectivity index (χ3n) is 5.48. The Labute approximate surface area is 182 Å². The molecule has 31 heavy (non-hydrogen) atoms.